The highest BCUT2D eigenvalue weighted by Gasteiger charge is 2.21. The van der Waals surface area contributed by atoms with Crippen molar-refractivity contribution in [2.24, 2.45) is 0 Å². The maximum atomic E-state index is 11.7. The maximum absolute atomic E-state index is 11.7. The number of hydrogen-bond donors (Lipinski definition) is 2. The number of aromatic carboxylic acids is 2. The fraction of sp³-hybridized carbons (Fsp3) is 0.0588. The lowest BCUT2D eigenvalue weighted by Crippen LogP contribution is -2.06. The molecule has 0 aliphatic carbocycles. The molecule has 0 heterocycles. The summed E-state index contributed by atoms with van der Waals surface area (Å²) in [6.07, 6.45) is 0. The number of hydrogen-bond acceptors (Lipinski definition) is 2. The van der Waals surface area contributed by atoms with Crippen LogP contribution in [0.25, 0.3) is 21.5 Å². The molecule has 104 valence electrons. The van der Waals surface area contributed by atoms with Crippen LogP contribution in [0.15, 0.2) is 42.5 Å². The van der Waals surface area contributed by atoms with E-state index >= 15 is 0 Å². The van der Waals surface area contributed by atoms with E-state index in [0.717, 1.165) is 10.9 Å². The first kappa shape index (κ1) is 13.1. The van der Waals surface area contributed by atoms with Gasteiger partial charge in [-0.05, 0) is 34.7 Å². The molecule has 0 aliphatic heterocycles. The van der Waals surface area contributed by atoms with Crippen molar-refractivity contribution in [3.8, 4) is 0 Å². The largest absolute Gasteiger partial charge is 0.478 e. The van der Waals surface area contributed by atoms with E-state index in [1.54, 1.807) is 24.3 Å². The first-order valence-electron chi connectivity index (χ1n) is 6.43. The summed E-state index contributed by atoms with van der Waals surface area (Å²) in [5.74, 6) is -2.25. The Labute approximate surface area is 120 Å². The summed E-state index contributed by atoms with van der Waals surface area (Å²) in [5.41, 5.74) is 0.941. The van der Waals surface area contributed by atoms with Gasteiger partial charge < -0.3 is 10.2 Å². The molecule has 3 rings (SSSR count). The number of rotatable bonds is 2. The van der Waals surface area contributed by atoms with E-state index < -0.39 is 11.9 Å². The molecule has 0 saturated carbocycles. The van der Waals surface area contributed by atoms with Gasteiger partial charge in [0.1, 0.15) is 0 Å². The van der Waals surface area contributed by atoms with Crippen molar-refractivity contribution in [2.45, 2.75) is 6.92 Å². The summed E-state index contributed by atoms with van der Waals surface area (Å²) in [4.78, 5) is 23.2. The second kappa shape index (κ2) is 4.59. The highest BCUT2D eigenvalue weighted by molar-refractivity contribution is 6.21. The summed E-state index contributed by atoms with van der Waals surface area (Å²) in [7, 11) is 0. The molecule has 0 bridgehead atoms. The van der Waals surface area contributed by atoms with Gasteiger partial charge in [-0.3, -0.25) is 0 Å². The zero-order chi connectivity index (χ0) is 15.1. The normalized spacial score (nSPS) is 10.9. The van der Waals surface area contributed by atoms with E-state index in [9.17, 15) is 19.8 Å². The molecule has 0 aliphatic rings. The van der Waals surface area contributed by atoms with Crippen molar-refractivity contribution in [2.75, 3.05) is 0 Å². The fourth-order valence-corrected chi connectivity index (χ4v) is 2.84. The van der Waals surface area contributed by atoms with Crippen LogP contribution in [0.3, 0.4) is 0 Å². The van der Waals surface area contributed by atoms with Gasteiger partial charge in [-0.1, -0.05) is 36.4 Å². The van der Waals surface area contributed by atoms with E-state index in [-0.39, 0.29) is 16.5 Å². The molecule has 4 nitrogen and oxygen atoms in total. The minimum atomic E-state index is -1.13. The van der Waals surface area contributed by atoms with E-state index in [1.807, 2.05) is 19.1 Å². The summed E-state index contributed by atoms with van der Waals surface area (Å²) in [6.45, 7) is 1.88. The van der Waals surface area contributed by atoms with Crippen LogP contribution in [0.2, 0.25) is 0 Å². The number of carboxylic acids is 2. The van der Waals surface area contributed by atoms with Crippen LogP contribution in [0, 0.1) is 6.92 Å². The van der Waals surface area contributed by atoms with Gasteiger partial charge >= 0.3 is 11.9 Å². The van der Waals surface area contributed by atoms with Crippen LogP contribution >= 0.6 is 0 Å². The molecule has 3 aromatic rings. The molecular formula is C17H12O4. The third-order valence-corrected chi connectivity index (χ3v) is 3.76. The molecule has 0 unspecified atom stereocenters. The topological polar surface area (TPSA) is 74.6 Å². The van der Waals surface area contributed by atoms with Crippen molar-refractivity contribution in [3.05, 3.63) is 59.2 Å². The third kappa shape index (κ3) is 1.84. The van der Waals surface area contributed by atoms with Gasteiger partial charge in [0.2, 0.25) is 0 Å². The van der Waals surface area contributed by atoms with Gasteiger partial charge in [-0.2, -0.15) is 0 Å². The van der Waals surface area contributed by atoms with Crippen LogP contribution in [-0.2, 0) is 0 Å². The Morgan fingerprint density at radius 2 is 1.43 bits per heavy atom. The van der Waals surface area contributed by atoms with Crippen molar-refractivity contribution >= 4 is 33.5 Å². The first-order chi connectivity index (χ1) is 10.0. The second-order valence-electron chi connectivity index (χ2n) is 4.88. The number of fused-ring (bicyclic) bond motifs is 2. The van der Waals surface area contributed by atoms with E-state index in [1.165, 1.54) is 6.07 Å². The highest BCUT2D eigenvalue weighted by atomic mass is 16.4. The van der Waals surface area contributed by atoms with Crippen molar-refractivity contribution in [1.29, 1.82) is 0 Å². The first-order valence-corrected chi connectivity index (χ1v) is 6.43. The third-order valence-electron chi connectivity index (χ3n) is 3.76. The van der Waals surface area contributed by atoms with E-state index in [2.05, 4.69) is 0 Å². The monoisotopic (exact) mass is 280 g/mol. The minimum Gasteiger partial charge on any atom is -0.478 e. The lowest BCUT2D eigenvalue weighted by Gasteiger charge is -2.13. The molecular weight excluding hydrogens is 268 g/mol. The molecule has 3 aromatic carbocycles. The van der Waals surface area contributed by atoms with Gasteiger partial charge in [0.05, 0.1) is 11.1 Å². The van der Waals surface area contributed by atoms with Gasteiger partial charge in [0.25, 0.3) is 0 Å². The smallest absolute Gasteiger partial charge is 0.336 e. The molecule has 0 radical (unpaired) electrons. The Hall–Kier alpha value is -2.88. The van der Waals surface area contributed by atoms with Crippen LogP contribution in [0.4, 0.5) is 0 Å². The zero-order valence-electron chi connectivity index (χ0n) is 11.3. The Kier molecular flexibility index (Phi) is 2.87. The molecule has 0 atom stereocenters. The Balaban J connectivity index is 2.70. The SMILES string of the molecule is Cc1c2ccccc2c(C(=O)O)c2c(C(=O)O)cccc12. The highest BCUT2D eigenvalue weighted by Crippen LogP contribution is 2.34. The van der Waals surface area contributed by atoms with Gasteiger partial charge in [-0.15, -0.1) is 0 Å². The summed E-state index contributed by atoms with van der Waals surface area (Å²) >= 11 is 0. The molecule has 21 heavy (non-hydrogen) atoms. The molecule has 2 N–H and O–H groups in total. The number of aryl methyl sites for hydroxylation is 1. The van der Waals surface area contributed by atoms with Crippen molar-refractivity contribution < 1.29 is 19.8 Å². The average molecular weight is 280 g/mol. The molecule has 0 fully saturated rings. The standard InChI is InChI=1S/C17H12O4/c1-9-10-5-2-3-6-12(10)15(17(20)21)14-11(9)7-4-8-13(14)16(18)19/h2-8H,1H3,(H,18,19)(H,20,21). The predicted molar refractivity (Wildman–Crippen MR) is 80.1 cm³/mol. The van der Waals surface area contributed by atoms with Crippen LogP contribution in [0.1, 0.15) is 26.3 Å². The molecule has 0 spiro atoms. The lowest BCUT2D eigenvalue weighted by atomic mass is 9.90. The number of carbonyl (C=O) groups is 2. The second-order valence-corrected chi connectivity index (χ2v) is 4.88. The van der Waals surface area contributed by atoms with Gasteiger partial charge in [0.15, 0.2) is 0 Å². The predicted octanol–water partition coefficient (Wildman–Crippen LogP) is 3.70. The molecule has 4 heteroatoms. The zero-order valence-corrected chi connectivity index (χ0v) is 11.3. The summed E-state index contributed by atoms with van der Waals surface area (Å²) in [5, 5.41) is 21.3. The van der Waals surface area contributed by atoms with Crippen LogP contribution in [-0.4, -0.2) is 22.2 Å². The van der Waals surface area contributed by atoms with E-state index in [0.29, 0.717) is 10.8 Å². The molecule has 0 saturated heterocycles. The maximum Gasteiger partial charge on any atom is 0.336 e. The number of carboxylic acid groups (broad SMARTS) is 2. The summed E-state index contributed by atoms with van der Waals surface area (Å²) < 4.78 is 0. The van der Waals surface area contributed by atoms with Crippen LogP contribution in [0.5, 0.6) is 0 Å². The number of benzene rings is 3. The quantitative estimate of drug-likeness (QED) is 0.702. The molecule has 0 aromatic heterocycles. The van der Waals surface area contributed by atoms with Gasteiger partial charge in [-0.25, -0.2) is 9.59 Å². The fourth-order valence-electron chi connectivity index (χ4n) is 2.84. The lowest BCUT2D eigenvalue weighted by molar-refractivity contribution is 0.0696. The van der Waals surface area contributed by atoms with Gasteiger partial charge in [0, 0.05) is 5.39 Å². The Morgan fingerprint density at radius 3 is 2.05 bits per heavy atom. The van der Waals surface area contributed by atoms with Crippen molar-refractivity contribution in [3.63, 3.8) is 0 Å². The van der Waals surface area contributed by atoms with Crippen molar-refractivity contribution in [1.82, 2.24) is 0 Å². The average Bonchev–Trinajstić information content (AvgIpc) is 2.46. The Morgan fingerprint density at radius 1 is 0.810 bits per heavy atom. The Bertz CT molecular complexity index is 909. The molecule has 0 amide bonds. The summed E-state index contributed by atoms with van der Waals surface area (Å²) in [6, 6.07) is 12.0. The van der Waals surface area contributed by atoms with Crippen LogP contribution < -0.4 is 0 Å². The minimum absolute atomic E-state index is 0.0127. The van der Waals surface area contributed by atoms with E-state index in [4.69, 9.17) is 0 Å².